The molecule has 0 aliphatic carbocycles. The van der Waals surface area contributed by atoms with Crippen molar-refractivity contribution in [2.45, 2.75) is 6.04 Å². The quantitative estimate of drug-likeness (QED) is 0.529. The molecule has 33 heavy (non-hydrogen) atoms. The van der Waals surface area contributed by atoms with E-state index in [4.69, 9.17) is 9.47 Å². The first-order chi connectivity index (χ1) is 16.0. The number of rotatable bonds is 7. The number of hydrogen-bond acceptors (Lipinski definition) is 5. The van der Waals surface area contributed by atoms with Gasteiger partial charge in [0.1, 0.15) is 11.5 Å². The smallest absolute Gasteiger partial charge is 0.294 e. The fourth-order valence-corrected chi connectivity index (χ4v) is 3.88. The number of benzene rings is 3. The number of carbonyl (C=O) groups excluding carboxylic acids is 2. The van der Waals surface area contributed by atoms with Crippen LogP contribution in [0.2, 0.25) is 0 Å². The molecule has 0 radical (unpaired) electrons. The lowest BCUT2D eigenvalue weighted by Gasteiger charge is -2.28. The summed E-state index contributed by atoms with van der Waals surface area (Å²) in [5, 5.41) is 10.8. The third-order valence-electron chi connectivity index (χ3n) is 5.47. The van der Waals surface area contributed by atoms with Crippen LogP contribution in [-0.2, 0) is 9.59 Å². The minimum atomic E-state index is -0.881. The number of aliphatic hydroxyl groups excluding tert-OH is 1. The summed E-state index contributed by atoms with van der Waals surface area (Å²) in [6, 6.07) is 22.5. The zero-order valence-corrected chi connectivity index (χ0v) is 18.3. The second-order valence-electron chi connectivity index (χ2n) is 7.39. The van der Waals surface area contributed by atoms with Crippen LogP contribution in [0.15, 0.2) is 96.3 Å². The standard InChI is InChI=1S/C27H23NO5/c1-32-20-14-15-21(23(17-20)33-2)25-24(22(29)16-13-18-9-5-3-6-10-18)26(30)27(31)28(25)19-11-7-4-8-12-19/h3-17,25,30H,1-2H3/b16-13+/t25-/m1/s1. The molecule has 1 aliphatic heterocycles. The number of amides is 1. The van der Waals surface area contributed by atoms with Crippen LogP contribution in [0.5, 0.6) is 11.5 Å². The Kier molecular flexibility index (Phi) is 6.26. The van der Waals surface area contributed by atoms with Gasteiger partial charge in [-0.15, -0.1) is 0 Å². The molecule has 6 nitrogen and oxygen atoms in total. The molecule has 3 aromatic carbocycles. The highest BCUT2D eigenvalue weighted by molar-refractivity contribution is 6.19. The van der Waals surface area contributed by atoms with Gasteiger partial charge < -0.3 is 14.6 Å². The molecule has 0 spiro atoms. The molecular formula is C27H23NO5. The molecule has 1 atom stereocenters. The second kappa shape index (κ2) is 9.44. The highest BCUT2D eigenvalue weighted by Gasteiger charge is 2.44. The number of para-hydroxylation sites is 1. The molecule has 0 fully saturated rings. The second-order valence-corrected chi connectivity index (χ2v) is 7.39. The Morgan fingerprint density at radius 2 is 1.61 bits per heavy atom. The van der Waals surface area contributed by atoms with Crippen molar-refractivity contribution in [1.82, 2.24) is 0 Å². The van der Waals surface area contributed by atoms with Crippen LogP contribution in [0.1, 0.15) is 17.2 Å². The van der Waals surface area contributed by atoms with Crippen molar-refractivity contribution in [1.29, 1.82) is 0 Å². The summed E-state index contributed by atoms with van der Waals surface area (Å²) >= 11 is 0. The van der Waals surface area contributed by atoms with Crippen LogP contribution >= 0.6 is 0 Å². The number of aliphatic hydroxyl groups is 1. The Labute approximate surface area is 192 Å². The predicted octanol–water partition coefficient (Wildman–Crippen LogP) is 4.89. The van der Waals surface area contributed by atoms with Gasteiger partial charge in [-0.3, -0.25) is 14.5 Å². The Morgan fingerprint density at radius 1 is 0.939 bits per heavy atom. The number of ketones is 1. The maximum atomic E-state index is 13.3. The van der Waals surface area contributed by atoms with Crippen molar-refractivity contribution in [3.05, 3.63) is 107 Å². The van der Waals surface area contributed by atoms with E-state index in [0.29, 0.717) is 22.7 Å². The van der Waals surface area contributed by atoms with Crippen LogP contribution in [0.25, 0.3) is 6.08 Å². The highest BCUT2D eigenvalue weighted by atomic mass is 16.5. The van der Waals surface area contributed by atoms with Gasteiger partial charge in [-0.25, -0.2) is 0 Å². The molecule has 0 saturated heterocycles. The lowest BCUT2D eigenvalue weighted by Crippen LogP contribution is -2.31. The van der Waals surface area contributed by atoms with Crippen molar-refractivity contribution < 1.29 is 24.2 Å². The molecule has 1 heterocycles. The van der Waals surface area contributed by atoms with Gasteiger partial charge >= 0.3 is 0 Å². The van der Waals surface area contributed by atoms with Crippen LogP contribution in [0.4, 0.5) is 5.69 Å². The molecule has 0 saturated carbocycles. The molecule has 0 unspecified atom stereocenters. The predicted molar refractivity (Wildman–Crippen MR) is 126 cm³/mol. The topological polar surface area (TPSA) is 76.1 Å². The maximum absolute atomic E-state index is 13.3. The van der Waals surface area contributed by atoms with E-state index in [-0.39, 0.29) is 5.57 Å². The molecule has 0 aromatic heterocycles. The number of methoxy groups -OCH3 is 2. The van der Waals surface area contributed by atoms with Gasteiger partial charge in [-0.1, -0.05) is 54.6 Å². The molecule has 4 rings (SSSR count). The fourth-order valence-electron chi connectivity index (χ4n) is 3.88. The van der Waals surface area contributed by atoms with E-state index >= 15 is 0 Å². The van der Waals surface area contributed by atoms with Crippen molar-refractivity contribution in [2.24, 2.45) is 0 Å². The van der Waals surface area contributed by atoms with Crippen molar-refractivity contribution in [3.8, 4) is 11.5 Å². The van der Waals surface area contributed by atoms with E-state index in [1.54, 1.807) is 55.7 Å². The Bertz CT molecular complexity index is 1230. The first-order valence-corrected chi connectivity index (χ1v) is 10.4. The van der Waals surface area contributed by atoms with E-state index < -0.39 is 23.5 Å². The lowest BCUT2D eigenvalue weighted by molar-refractivity contribution is -0.117. The summed E-state index contributed by atoms with van der Waals surface area (Å²) in [6.45, 7) is 0. The first-order valence-electron chi connectivity index (χ1n) is 10.4. The molecule has 0 bridgehead atoms. The van der Waals surface area contributed by atoms with Gasteiger partial charge in [-0.05, 0) is 35.9 Å². The number of allylic oxidation sites excluding steroid dienone is 1. The van der Waals surface area contributed by atoms with Gasteiger partial charge in [0.2, 0.25) is 0 Å². The van der Waals surface area contributed by atoms with E-state index in [0.717, 1.165) is 5.56 Å². The average Bonchev–Trinajstić information content (AvgIpc) is 3.13. The maximum Gasteiger partial charge on any atom is 0.294 e. The van der Waals surface area contributed by atoms with Gasteiger partial charge in [-0.2, -0.15) is 0 Å². The molecule has 166 valence electrons. The molecule has 6 heteroatoms. The summed E-state index contributed by atoms with van der Waals surface area (Å²) in [7, 11) is 3.04. The number of hydrogen-bond donors (Lipinski definition) is 1. The summed E-state index contributed by atoms with van der Waals surface area (Å²) in [5.74, 6) is -0.702. The summed E-state index contributed by atoms with van der Waals surface area (Å²) in [4.78, 5) is 27.9. The molecule has 1 N–H and O–H groups in total. The lowest BCUT2D eigenvalue weighted by atomic mass is 9.94. The minimum Gasteiger partial charge on any atom is -0.503 e. The zero-order chi connectivity index (χ0) is 23.4. The van der Waals surface area contributed by atoms with Gasteiger partial charge in [0.25, 0.3) is 5.91 Å². The first kappa shape index (κ1) is 21.9. The number of anilines is 1. The van der Waals surface area contributed by atoms with Crippen molar-refractivity contribution in [2.75, 3.05) is 19.1 Å². The normalized spacial score (nSPS) is 15.9. The van der Waals surface area contributed by atoms with E-state index in [2.05, 4.69) is 0 Å². The van der Waals surface area contributed by atoms with Crippen molar-refractivity contribution in [3.63, 3.8) is 0 Å². The van der Waals surface area contributed by atoms with Crippen LogP contribution in [0, 0.1) is 0 Å². The summed E-state index contributed by atoms with van der Waals surface area (Å²) in [6.07, 6.45) is 3.02. The molecular weight excluding hydrogens is 418 g/mol. The monoisotopic (exact) mass is 441 g/mol. The number of carbonyl (C=O) groups is 2. The largest absolute Gasteiger partial charge is 0.503 e. The zero-order valence-electron chi connectivity index (χ0n) is 18.3. The van der Waals surface area contributed by atoms with E-state index in [1.165, 1.54) is 18.1 Å². The summed E-state index contributed by atoms with van der Waals surface area (Å²) in [5.41, 5.74) is 1.91. The Balaban J connectivity index is 1.84. The van der Waals surface area contributed by atoms with Gasteiger partial charge in [0.05, 0.1) is 25.8 Å². The van der Waals surface area contributed by atoms with Crippen molar-refractivity contribution >= 4 is 23.5 Å². The van der Waals surface area contributed by atoms with Crippen LogP contribution < -0.4 is 14.4 Å². The Hall–Kier alpha value is -4.32. The fraction of sp³-hybridized carbons (Fsp3) is 0.111. The summed E-state index contributed by atoms with van der Waals surface area (Å²) < 4.78 is 10.9. The average molecular weight is 441 g/mol. The number of ether oxygens (including phenoxy) is 2. The third-order valence-corrected chi connectivity index (χ3v) is 5.47. The van der Waals surface area contributed by atoms with Crippen LogP contribution in [0.3, 0.4) is 0 Å². The van der Waals surface area contributed by atoms with Gasteiger partial charge in [0.15, 0.2) is 11.5 Å². The highest BCUT2D eigenvalue weighted by Crippen LogP contribution is 2.44. The van der Waals surface area contributed by atoms with Gasteiger partial charge in [0, 0.05) is 17.3 Å². The Morgan fingerprint density at radius 3 is 2.24 bits per heavy atom. The van der Waals surface area contributed by atoms with E-state index in [1.807, 2.05) is 36.4 Å². The minimum absolute atomic E-state index is 0.0144. The third kappa shape index (κ3) is 4.23. The molecule has 1 amide bonds. The number of nitrogens with zero attached hydrogens (tertiary/aromatic N) is 1. The SMILES string of the molecule is COc1ccc([C@@H]2C(C(=O)/C=C/c3ccccc3)=C(O)C(=O)N2c2ccccc2)c(OC)c1. The molecule has 1 aliphatic rings. The van der Waals surface area contributed by atoms with E-state index in [9.17, 15) is 14.7 Å². The van der Waals surface area contributed by atoms with Crippen LogP contribution in [-0.4, -0.2) is 31.0 Å². The molecule has 3 aromatic rings.